The molecule has 1 heterocycles. The number of aliphatic hydroxyl groups excluding tert-OH is 1. The minimum Gasteiger partial charge on any atom is -0.507 e. The molecule has 1 N–H and O–H groups in total. The number of unbranched alkanes of at least 4 members (excludes halogenated alkanes) is 2. The molecule has 1 unspecified atom stereocenters. The average Bonchev–Trinajstić information content (AvgIpc) is 3.13. The topological polar surface area (TPSA) is 79.3 Å². The van der Waals surface area contributed by atoms with Crippen molar-refractivity contribution < 1.29 is 24.2 Å². The van der Waals surface area contributed by atoms with Gasteiger partial charge in [-0.1, -0.05) is 38.8 Å². The molecule has 1 atom stereocenters. The molecule has 1 aliphatic rings. The molecule has 2 aromatic rings. The fourth-order valence-corrected chi connectivity index (χ4v) is 4.32. The summed E-state index contributed by atoms with van der Waals surface area (Å²) in [5.41, 5.74) is 2.13. The van der Waals surface area contributed by atoms with E-state index in [1.54, 1.807) is 17.0 Å². The van der Waals surface area contributed by atoms with Crippen LogP contribution in [0.5, 0.6) is 11.5 Å². The zero-order valence-corrected chi connectivity index (χ0v) is 22.8. The normalized spacial score (nSPS) is 17.0. The molecule has 7 nitrogen and oxygen atoms in total. The number of aryl methyl sites for hydroxylation is 1. The number of hydrogen-bond acceptors (Lipinski definition) is 6. The maximum Gasteiger partial charge on any atom is 0.295 e. The highest BCUT2D eigenvalue weighted by Crippen LogP contribution is 2.40. The molecule has 0 radical (unpaired) electrons. The standard InChI is InChI=1S/C30H40N2O5/c1-6-8-18-36-23-12-10-22(11-13-23)27-26(29(34)30(35)32(27)17-16-31(4)5)28(33)25-15-14-24(20-21(25)3)37-19-9-7-2/h10-15,20,27,33H,6-9,16-19H2,1-5H3/b28-26+. The van der Waals surface area contributed by atoms with Gasteiger partial charge in [-0.2, -0.15) is 0 Å². The van der Waals surface area contributed by atoms with Crippen molar-refractivity contribution in [3.63, 3.8) is 0 Å². The zero-order chi connectivity index (χ0) is 26.9. The largest absolute Gasteiger partial charge is 0.507 e. The molecule has 2 aromatic carbocycles. The summed E-state index contributed by atoms with van der Waals surface area (Å²) < 4.78 is 11.6. The predicted molar refractivity (Wildman–Crippen MR) is 146 cm³/mol. The lowest BCUT2D eigenvalue weighted by Gasteiger charge is -2.27. The number of aliphatic hydroxyl groups is 1. The zero-order valence-electron chi connectivity index (χ0n) is 22.8. The van der Waals surface area contributed by atoms with E-state index in [1.165, 1.54) is 0 Å². The lowest BCUT2D eigenvalue weighted by Crippen LogP contribution is -2.35. The molecule has 200 valence electrons. The molecule has 1 aliphatic heterocycles. The molecule has 0 saturated carbocycles. The number of ketones is 1. The lowest BCUT2D eigenvalue weighted by atomic mass is 9.94. The summed E-state index contributed by atoms with van der Waals surface area (Å²) in [7, 11) is 3.84. The molecule has 37 heavy (non-hydrogen) atoms. The Hall–Kier alpha value is -3.32. The van der Waals surface area contributed by atoms with Crippen molar-refractivity contribution in [2.75, 3.05) is 40.4 Å². The van der Waals surface area contributed by atoms with E-state index in [0.717, 1.165) is 42.6 Å². The number of likely N-dealkylation sites (tertiary alicyclic amines) is 1. The van der Waals surface area contributed by atoms with Crippen LogP contribution in [0.3, 0.4) is 0 Å². The highest BCUT2D eigenvalue weighted by atomic mass is 16.5. The number of nitrogens with zero attached hydrogens (tertiary/aromatic N) is 2. The Balaban J connectivity index is 2.00. The van der Waals surface area contributed by atoms with Crippen LogP contribution in [0.2, 0.25) is 0 Å². The van der Waals surface area contributed by atoms with Gasteiger partial charge in [0.05, 0.1) is 24.8 Å². The smallest absolute Gasteiger partial charge is 0.295 e. The third-order valence-electron chi connectivity index (χ3n) is 6.51. The first-order valence-corrected chi connectivity index (χ1v) is 13.2. The van der Waals surface area contributed by atoms with Crippen LogP contribution < -0.4 is 9.47 Å². The second-order valence-electron chi connectivity index (χ2n) is 9.75. The molecule has 1 saturated heterocycles. The second kappa shape index (κ2) is 13.3. The summed E-state index contributed by atoms with van der Waals surface area (Å²) in [6.07, 6.45) is 4.01. The number of hydrogen-bond donors (Lipinski definition) is 1. The average molecular weight is 509 g/mol. The summed E-state index contributed by atoms with van der Waals surface area (Å²) >= 11 is 0. The van der Waals surface area contributed by atoms with E-state index in [1.807, 2.05) is 56.3 Å². The molecule has 0 spiro atoms. The van der Waals surface area contributed by atoms with Crippen LogP contribution in [0, 0.1) is 6.92 Å². The monoisotopic (exact) mass is 508 g/mol. The minimum atomic E-state index is -0.690. The number of ether oxygens (including phenoxy) is 2. The number of carbonyl (C=O) groups is 2. The molecule has 0 bridgehead atoms. The Morgan fingerprint density at radius 3 is 2.11 bits per heavy atom. The van der Waals surface area contributed by atoms with Crippen LogP contribution in [0.15, 0.2) is 48.0 Å². The van der Waals surface area contributed by atoms with Gasteiger partial charge in [0.25, 0.3) is 11.7 Å². The first-order valence-electron chi connectivity index (χ1n) is 13.2. The molecular formula is C30H40N2O5. The van der Waals surface area contributed by atoms with Gasteiger partial charge in [0, 0.05) is 18.7 Å². The molecule has 7 heteroatoms. The lowest BCUT2D eigenvalue weighted by molar-refractivity contribution is -0.140. The number of rotatable bonds is 13. The highest BCUT2D eigenvalue weighted by molar-refractivity contribution is 6.46. The number of Topliss-reactive ketones (excluding diaryl/α,β-unsaturated/α-hetero) is 1. The Labute approximate surface area is 220 Å². The van der Waals surface area contributed by atoms with Crippen molar-refractivity contribution in [3.05, 3.63) is 64.7 Å². The first kappa shape index (κ1) is 28.3. The second-order valence-corrected chi connectivity index (χ2v) is 9.75. The van der Waals surface area contributed by atoms with Gasteiger partial charge in [0.1, 0.15) is 17.3 Å². The van der Waals surface area contributed by atoms with Crippen molar-refractivity contribution in [3.8, 4) is 11.5 Å². The van der Waals surface area contributed by atoms with E-state index in [0.29, 0.717) is 37.6 Å². The predicted octanol–water partition coefficient (Wildman–Crippen LogP) is 5.34. The maximum absolute atomic E-state index is 13.3. The first-order chi connectivity index (χ1) is 17.8. The fraction of sp³-hybridized carbons (Fsp3) is 0.467. The van der Waals surface area contributed by atoms with Gasteiger partial charge in [-0.15, -0.1) is 0 Å². The van der Waals surface area contributed by atoms with Crippen LogP contribution in [0.1, 0.15) is 62.3 Å². The Morgan fingerprint density at radius 1 is 0.946 bits per heavy atom. The summed E-state index contributed by atoms with van der Waals surface area (Å²) in [6, 6.07) is 12.1. The molecule has 1 amide bonds. The summed E-state index contributed by atoms with van der Waals surface area (Å²) in [5, 5.41) is 11.4. The van der Waals surface area contributed by atoms with Crippen LogP contribution in [0.4, 0.5) is 0 Å². The van der Waals surface area contributed by atoms with Gasteiger partial charge in [0.15, 0.2) is 0 Å². The van der Waals surface area contributed by atoms with Crippen molar-refractivity contribution in [1.82, 2.24) is 9.80 Å². The number of amides is 1. The maximum atomic E-state index is 13.3. The van der Waals surface area contributed by atoms with Crippen molar-refractivity contribution in [1.29, 1.82) is 0 Å². The summed E-state index contributed by atoms with van der Waals surface area (Å²) in [4.78, 5) is 29.9. The van der Waals surface area contributed by atoms with Gasteiger partial charge < -0.3 is 24.4 Å². The molecule has 3 rings (SSSR count). The van der Waals surface area contributed by atoms with Gasteiger partial charge in [-0.25, -0.2) is 0 Å². The van der Waals surface area contributed by atoms with Crippen molar-refractivity contribution in [2.24, 2.45) is 0 Å². The van der Waals surface area contributed by atoms with Crippen LogP contribution in [-0.2, 0) is 9.59 Å². The van der Waals surface area contributed by atoms with Crippen LogP contribution >= 0.6 is 0 Å². The molecular weight excluding hydrogens is 468 g/mol. The van der Waals surface area contributed by atoms with Gasteiger partial charge in [-0.05, 0) is 75.3 Å². The van der Waals surface area contributed by atoms with Crippen molar-refractivity contribution in [2.45, 2.75) is 52.5 Å². The van der Waals surface area contributed by atoms with Gasteiger partial charge in [-0.3, -0.25) is 9.59 Å². The summed E-state index contributed by atoms with van der Waals surface area (Å²) in [6.45, 7) is 8.28. The third kappa shape index (κ3) is 6.92. The van der Waals surface area contributed by atoms with E-state index in [9.17, 15) is 14.7 Å². The highest BCUT2D eigenvalue weighted by Gasteiger charge is 2.46. The number of likely N-dealkylation sites (N-methyl/N-ethyl adjacent to an activating group) is 1. The van der Waals surface area contributed by atoms with Crippen LogP contribution in [-0.4, -0.2) is 67.0 Å². The van der Waals surface area contributed by atoms with E-state index < -0.39 is 17.7 Å². The Morgan fingerprint density at radius 2 is 1.54 bits per heavy atom. The van der Waals surface area contributed by atoms with E-state index in [-0.39, 0.29) is 11.3 Å². The fourth-order valence-electron chi connectivity index (χ4n) is 4.32. The van der Waals surface area contributed by atoms with E-state index >= 15 is 0 Å². The quantitative estimate of drug-likeness (QED) is 0.170. The number of carbonyl (C=O) groups excluding carboxylic acids is 2. The molecule has 0 aromatic heterocycles. The third-order valence-corrected chi connectivity index (χ3v) is 6.51. The van der Waals surface area contributed by atoms with Crippen molar-refractivity contribution >= 4 is 17.4 Å². The van der Waals surface area contributed by atoms with E-state index in [4.69, 9.17) is 9.47 Å². The van der Waals surface area contributed by atoms with Crippen LogP contribution in [0.25, 0.3) is 5.76 Å². The summed E-state index contributed by atoms with van der Waals surface area (Å²) in [5.74, 6) is -0.00118. The minimum absolute atomic E-state index is 0.103. The number of benzene rings is 2. The molecule has 0 aliphatic carbocycles. The SMILES string of the molecule is CCCCOc1ccc(C2/C(=C(\O)c3ccc(OCCCC)cc3C)C(=O)C(=O)N2CCN(C)C)cc1. The Bertz CT molecular complexity index is 1110. The van der Waals surface area contributed by atoms with Gasteiger partial charge in [0.2, 0.25) is 0 Å². The van der Waals surface area contributed by atoms with Gasteiger partial charge >= 0.3 is 0 Å². The molecule has 1 fully saturated rings. The Kier molecular flexibility index (Phi) is 10.1. The van der Waals surface area contributed by atoms with E-state index in [2.05, 4.69) is 13.8 Å².